The van der Waals surface area contributed by atoms with Crippen LogP contribution >= 0.6 is 0 Å². The quantitative estimate of drug-likeness (QED) is 0.632. The van der Waals surface area contributed by atoms with E-state index in [4.69, 9.17) is 0 Å². The van der Waals surface area contributed by atoms with E-state index in [1.165, 1.54) is 12.1 Å². The van der Waals surface area contributed by atoms with Gasteiger partial charge in [-0.05, 0) is 18.2 Å². The molecule has 0 unspecified atom stereocenters. The number of hydrogen-bond donors (Lipinski definition) is 1. The van der Waals surface area contributed by atoms with Gasteiger partial charge in [0.25, 0.3) is 0 Å². The highest BCUT2D eigenvalue weighted by atomic mass is 19.1. The highest BCUT2D eigenvalue weighted by molar-refractivity contribution is 5.75. The maximum absolute atomic E-state index is 12.8. The lowest BCUT2D eigenvalue weighted by molar-refractivity contribution is 0.628. The number of nitrogens with one attached hydrogen (secondary N) is 1. The molecule has 0 aliphatic carbocycles. The van der Waals surface area contributed by atoms with Crippen LogP contribution in [0.5, 0.6) is 0 Å². The number of rotatable bonds is 3. The largest absolute Gasteiger partial charge is 0.333 e. The fourth-order valence-corrected chi connectivity index (χ4v) is 1.22. The second-order valence-corrected chi connectivity index (χ2v) is 3.28. The Balaban J connectivity index is 2.02. The molecule has 4 nitrogen and oxygen atoms in total. The summed E-state index contributed by atoms with van der Waals surface area (Å²) in [6.45, 7) is 0. The summed E-state index contributed by atoms with van der Waals surface area (Å²) in [6, 6.07) is 6.11. The van der Waals surface area contributed by atoms with Gasteiger partial charge < -0.3 is 4.57 Å². The molecule has 2 rings (SSSR count). The van der Waals surface area contributed by atoms with E-state index in [9.17, 15) is 4.39 Å². The molecule has 2 aromatic rings. The van der Waals surface area contributed by atoms with E-state index >= 15 is 0 Å². The van der Waals surface area contributed by atoms with Crippen LogP contribution in [0, 0.1) is 5.82 Å². The lowest BCUT2D eigenvalue weighted by atomic mass is 10.3. The summed E-state index contributed by atoms with van der Waals surface area (Å²) in [5, 5.41) is 3.96. The summed E-state index contributed by atoms with van der Waals surface area (Å²) in [4.78, 5) is 4.06. The zero-order chi connectivity index (χ0) is 11.4. The Kier molecular flexibility index (Phi) is 2.95. The van der Waals surface area contributed by atoms with Gasteiger partial charge >= 0.3 is 0 Å². The number of nitrogens with zero attached hydrogens (tertiary/aromatic N) is 3. The normalized spacial score (nSPS) is 10.9. The third kappa shape index (κ3) is 2.44. The summed E-state index contributed by atoms with van der Waals surface area (Å²) in [7, 11) is 1.87. The molecular formula is C11H11FN4. The van der Waals surface area contributed by atoms with Crippen molar-refractivity contribution in [3.05, 3.63) is 48.3 Å². The van der Waals surface area contributed by atoms with Gasteiger partial charge in [-0.3, -0.25) is 5.43 Å². The van der Waals surface area contributed by atoms with E-state index in [0.29, 0.717) is 5.69 Å². The van der Waals surface area contributed by atoms with Crippen molar-refractivity contribution in [1.29, 1.82) is 0 Å². The molecule has 0 bridgehead atoms. The minimum absolute atomic E-state index is 0.294. The summed E-state index contributed by atoms with van der Waals surface area (Å²) in [6.07, 6.45) is 5.08. The van der Waals surface area contributed by atoms with Crippen LogP contribution in [0.25, 0.3) is 0 Å². The molecular weight excluding hydrogens is 207 g/mol. The van der Waals surface area contributed by atoms with Crippen molar-refractivity contribution in [2.45, 2.75) is 0 Å². The molecule has 0 spiro atoms. The number of aromatic nitrogens is 2. The fraction of sp³-hybridized carbons (Fsp3) is 0.0909. The van der Waals surface area contributed by atoms with Crippen LogP contribution < -0.4 is 5.43 Å². The van der Waals surface area contributed by atoms with Gasteiger partial charge in [0.2, 0.25) is 0 Å². The summed E-state index contributed by atoms with van der Waals surface area (Å²) < 4.78 is 14.7. The Morgan fingerprint density at radius 1 is 1.50 bits per heavy atom. The van der Waals surface area contributed by atoms with Crippen molar-refractivity contribution in [3.63, 3.8) is 0 Å². The van der Waals surface area contributed by atoms with E-state index in [-0.39, 0.29) is 5.82 Å². The standard InChI is InChI=1S/C11H11FN4/c1-16-6-5-13-11(16)8-14-15-10-4-2-3-9(12)7-10/h2-8,15H,1H3/b14-8-. The topological polar surface area (TPSA) is 42.2 Å². The van der Waals surface area contributed by atoms with Crippen LogP contribution in [0.3, 0.4) is 0 Å². The van der Waals surface area contributed by atoms with E-state index in [1.54, 1.807) is 24.5 Å². The van der Waals surface area contributed by atoms with Crippen LogP contribution in [0.15, 0.2) is 41.8 Å². The van der Waals surface area contributed by atoms with Gasteiger partial charge in [-0.1, -0.05) is 6.07 Å². The first-order chi connectivity index (χ1) is 7.75. The highest BCUT2D eigenvalue weighted by Crippen LogP contribution is 2.08. The van der Waals surface area contributed by atoms with Gasteiger partial charge in [0.15, 0.2) is 5.82 Å². The van der Waals surface area contributed by atoms with E-state index < -0.39 is 0 Å². The number of hydrazone groups is 1. The zero-order valence-corrected chi connectivity index (χ0v) is 8.76. The molecule has 1 aromatic heterocycles. The van der Waals surface area contributed by atoms with Crippen LogP contribution in [-0.2, 0) is 7.05 Å². The first-order valence-corrected chi connectivity index (χ1v) is 4.77. The molecule has 5 heteroatoms. The van der Waals surface area contributed by atoms with E-state index in [1.807, 2.05) is 17.8 Å². The average Bonchev–Trinajstić information content (AvgIpc) is 2.65. The number of benzene rings is 1. The lowest BCUT2D eigenvalue weighted by Gasteiger charge is -1.99. The van der Waals surface area contributed by atoms with Crippen LogP contribution in [-0.4, -0.2) is 15.8 Å². The Hall–Kier alpha value is -2.17. The van der Waals surface area contributed by atoms with Gasteiger partial charge in [0, 0.05) is 19.4 Å². The molecule has 82 valence electrons. The van der Waals surface area contributed by atoms with Crippen molar-refractivity contribution in [3.8, 4) is 0 Å². The maximum Gasteiger partial charge on any atom is 0.152 e. The van der Waals surface area contributed by atoms with Crippen molar-refractivity contribution < 1.29 is 4.39 Å². The highest BCUT2D eigenvalue weighted by Gasteiger charge is 1.94. The number of anilines is 1. The van der Waals surface area contributed by atoms with Crippen LogP contribution in [0.4, 0.5) is 10.1 Å². The predicted molar refractivity (Wildman–Crippen MR) is 60.8 cm³/mol. The van der Waals surface area contributed by atoms with E-state index in [0.717, 1.165) is 5.82 Å². The first kappa shape index (κ1) is 10.4. The van der Waals surface area contributed by atoms with Crippen molar-refractivity contribution in [2.24, 2.45) is 12.1 Å². The molecule has 0 aliphatic rings. The fourth-order valence-electron chi connectivity index (χ4n) is 1.22. The van der Waals surface area contributed by atoms with E-state index in [2.05, 4.69) is 15.5 Å². The summed E-state index contributed by atoms with van der Waals surface area (Å²) in [5.41, 5.74) is 3.33. The Bertz CT molecular complexity index is 504. The Morgan fingerprint density at radius 3 is 3.06 bits per heavy atom. The smallest absolute Gasteiger partial charge is 0.152 e. The van der Waals surface area contributed by atoms with Crippen molar-refractivity contribution >= 4 is 11.9 Å². The molecule has 0 amide bonds. The third-order valence-corrected chi connectivity index (χ3v) is 2.06. The van der Waals surface area contributed by atoms with Gasteiger partial charge in [0.05, 0.1) is 11.9 Å². The molecule has 0 saturated carbocycles. The van der Waals surface area contributed by atoms with Gasteiger partial charge in [0.1, 0.15) is 5.82 Å². The molecule has 16 heavy (non-hydrogen) atoms. The molecule has 1 N–H and O–H groups in total. The molecule has 1 aromatic carbocycles. The van der Waals surface area contributed by atoms with Crippen LogP contribution in [0.2, 0.25) is 0 Å². The Labute approximate surface area is 92.4 Å². The van der Waals surface area contributed by atoms with Gasteiger partial charge in [-0.2, -0.15) is 5.10 Å². The Morgan fingerprint density at radius 2 is 2.38 bits per heavy atom. The van der Waals surface area contributed by atoms with Crippen molar-refractivity contribution in [1.82, 2.24) is 9.55 Å². The SMILES string of the molecule is Cn1ccnc1/C=N\Nc1cccc(F)c1. The molecule has 0 radical (unpaired) electrons. The van der Waals surface area contributed by atoms with Crippen LogP contribution in [0.1, 0.15) is 5.82 Å². The first-order valence-electron chi connectivity index (χ1n) is 4.77. The molecule has 0 fully saturated rings. The van der Waals surface area contributed by atoms with Crippen molar-refractivity contribution in [2.75, 3.05) is 5.43 Å². The molecule has 0 aliphatic heterocycles. The molecule has 0 atom stereocenters. The van der Waals surface area contributed by atoms with Gasteiger partial charge in [-0.15, -0.1) is 0 Å². The monoisotopic (exact) mass is 218 g/mol. The minimum atomic E-state index is -0.294. The summed E-state index contributed by atoms with van der Waals surface area (Å²) >= 11 is 0. The number of hydrogen-bond acceptors (Lipinski definition) is 3. The average molecular weight is 218 g/mol. The molecule has 1 heterocycles. The number of halogens is 1. The minimum Gasteiger partial charge on any atom is -0.333 e. The number of imidazole rings is 1. The predicted octanol–water partition coefficient (Wildman–Crippen LogP) is 2.01. The second-order valence-electron chi connectivity index (χ2n) is 3.28. The van der Waals surface area contributed by atoms with Gasteiger partial charge in [-0.25, -0.2) is 9.37 Å². The second kappa shape index (κ2) is 4.57. The third-order valence-electron chi connectivity index (χ3n) is 2.06. The number of aryl methyl sites for hydroxylation is 1. The maximum atomic E-state index is 12.8. The summed E-state index contributed by atoms with van der Waals surface area (Å²) in [5.74, 6) is 0.432. The zero-order valence-electron chi connectivity index (χ0n) is 8.76. The lowest BCUT2D eigenvalue weighted by Crippen LogP contribution is -1.97. The molecule has 0 saturated heterocycles.